The molecular formula is C10H13BrO6. The third-order valence-electron chi connectivity index (χ3n) is 0.931. The highest BCUT2D eigenvalue weighted by Crippen LogP contribution is 2.26. The first-order chi connectivity index (χ1) is 7.66. The fourth-order valence-corrected chi connectivity index (χ4v) is 0.863. The number of benzene rings is 1. The summed E-state index contributed by atoms with van der Waals surface area (Å²) in [7, 11) is 0. The largest absolute Gasteiger partial charge is 0.508 e. The summed E-state index contributed by atoms with van der Waals surface area (Å²) in [5.74, 6) is -1.40. The number of carbonyl (C=O) groups is 2. The number of phenolic OH excluding ortho intramolecular Hbond substituents is 2. The highest BCUT2D eigenvalue weighted by Gasteiger charge is 1.95. The zero-order valence-corrected chi connectivity index (χ0v) is 10.8. The summed E-state index contributed by atoms with van der Waals surface area (Å²) in [4.78, 5) is 18.0. The van der Waals surface area contributed by atoms with Gasteiger partial charge >= 0.3 is 0 Å². The lowest BCUT2D eigenvalue weighted by Crippen LogP contribution is -1.78. The monoisotopic (exact) mass is 308 g/mol. The van der Waals surface area contributed by atoms with E-state index in [0.717, 1.165) is 13.8 Å². The fourth-order valence-electron chi connectivity index (χ4n) is 0.496. The smallest absolute Gasteiger partial charge is 0.300 e. The maximum Gasteiger partial charge on any atom is 0.300 e. The molecule has 6 nitrogen and oxygen atoms in total. The molecule has 4 N–H and O–H groups in total. The second-order valence-corrected chi connectivity index (χ2v) is 3.53. The van der Waals surface area contributed by atoms with Crippen molar-refractivity contribution in [3.05, 3.63) is 22.7 Å². The van der Waals surface area contributed by atoms with Crippen LogP contribution in [0.2, 0.25) is 0 Å². The van der Waals surface area contributed by atoms with Crippen LogP contribution in [-0.4, -0.2) is 32.4 Å². The van der Waals surface area contributed by atoms with Crippen LogP contribution in [0.5, 0.6) is 11.5 Å². The molecule has 1 aromatic rings. The molecule has 0 saturated heterocycles. The Morgan fingerprint density at radius 2 is 1.41 bits per heavy atom. The lowest BCUT2D eigenvalue weighted by Gasteiger charge is -1.94. The molecule has 0 aromatic heterocycles. The summed E-state index contributed by atoms with van der Waals surface area (Å²) in [6, 6.07) is 4.26. The second kappa shape index (κ2) is 9.46. The molecule has 0 heterocycles. The Morgan fingerprint density at radius 3 is 1.65 bits per heavy atom. The van der Waals surface area contributed by atoms with E-state index in [1.807, 2.05) is 0 Å². The van der Waals surface area contributed by atoms with Crippen molar-refractivity contribution < 1.29 is 30.0 Å². The summed E-state index contributed by atoms with van der Waals surface area (Å²) in [6.45, 7) is 2.17. The number of rotatable bonds is 0. The normalized spacial score (nSPS) is 7.94. The van der Waals surface area contributed by atoms with Gasteiger partial charge in [0, 0.05) is 13.8 Å². The van der Waals surface area contributed by atoms with Crippen LogP contribution >= 0.6 is 15.9 Å². The van der Waals surface area contributed by atoms with E-state index in [-0.39, 0.29) is 11.5 Å². The fraction of sp³-hybridized carbons (Fsp3) is 0.200. The third kappa shape index (κ3) is 16.9. The predicted octanol–water partition coefficient (Wildman–Crippen LogP) is 2.04. The lowest BCUT2D eigenvalue weighted by molar-refractivity contribution is -0.135. The van der Waals surface area contributed by atoms with Crippen LogP contribution in [0, 0.1) is 0 Å². The van der Waals surface area contributed by atoms with Crippen molar-refractivity contribution in [1.82, 2.24) is 0 Å². The number of phenols is 2. The molecule has 1 aromatic carbocycles. The maximum atomic E-state index is 9.00. The zero-order chi connectivity index (χ0) is 14.0. The van der Waals surface area contributed by atoms with Crippen molar-refractivity contribution in [1.29, 1.82) is 0 Å². The van der Waals surface area contributed by atoms with E-state index in [9.17, 15) is 0 Å². The minimum absolute atomic E-state index is 0.132. The summed E-state index contributed by atoms with van der Waals surface area (Å²) >= 11 is 3.04. The Labute approximate surface area is 106 Å². The van der Waals surface area contributed by atoms with Crippen molar-refractivity contribution >= 4 is 27.9 Å². The van der Waals surface area contributed by atoms with Gasteiger partial charge in [-0.1, -0.05) is 0 Å². The SMILES string of the molecule is CC(=O)O.CC(=O)O.Oc1ccc(O)c(Br)c1. The van der Waals surface area contributed by atoms with Gasteiger partial charge in [0.1, 0.15) is 11.5 Å². The van der Waals surface area contributed by atoms with Gasteiger partial charge < -0.3 is 20.4 Å². The number of hydrogen-bond acceptors (Lipinski definition) is 4. The number of halogens is 1. The summed E-state index contributed by atoms with van der Waals surface area (Å²) in [5, 5.41) is 32.5. The molecule has 0 amide bonds. The van der Waals surface area contributed by atoms with Gasteiger partial charge in [-0.15, -0.1) is 0 Å². The minimum atomic E-state index is -0.833. The second-order valence-electron chi connectivity index (χ2n) is 2.67. The van der Waals surface area contributed by atoms with Crippen molar-refractivity contribution in [2.24, 2.45) is 0 Å². The van der Waals surface area contributed by atoms with Crippen LogP contribution in [-0.2, 0) is 9.59 Å². The number of aromatic hydroxyl groups is 2. The van der Waals surface area contributed by atoms with E-state index in [0.29, 0.717) is 4.47 Å². The van der Waals surface area contributed by atoms with Crippen LogP contribution in [0.15, 0.2) is 22.7 Å². The molecule has 0 aliphatic carbocycles. The minimum Gasteiger partial charge on any atom is -0.508 e. The van der Waals surface area contributed by atoms with Crippen LogP contribution in [0.3, 0.4) is 0 Å². The van der Waals surface area contributed by atoms with Crippen molar-refractivity contribution in [2.75, 3.05) is 0 Å². The first-order valence-electron chi connectivity index (χ1n) is 4.23. The van der Waals surface area contributed by atoms with Gasteiger partial charge in [-0.2, -0.15) is 0 Å². The average Bonchev–Trinajstić information content (AvgIpc) is 2.10. The standard InChI is InChI=1S/C6H5BrO2.2C2H4O2/c7-5-3-4(8)1-2-6(5)9;2*1-2(3)4/h1-3,8-9H;2*1H3,(H,3,4). The number of hydrogen-bond donors (Lipinski definition) is 4. The Kier molecular flexibility index (Phi) is 9.82. The Bertz CT molecular complexity index is 357. The van der Waals surface area contributed by atoms with Crippen molar-refractivity contribution in [2.45, 2.75) is 13.8 Å². The first-order valence-corrected chi connectivity index (χ1v) is 5.02. The molecule has 0 radical (unpaired) electrons. The lowest BCUT2D eigenvalue weighted by atomic mass is 10.3. The van der Waals surface area contributed by atoms with E-state index >= 15 is 0 Å². The van der Waals surface area contributed by atoms with Gasteiger partial charge in [-0.05, 0) is 34.1 Å². The Hall–Kier alpha value is -1.76. The Balaban J connectivity index is 0. The molecular weight excluding hydrogens is 296 g/mol. The quantitative estimate of drug-likeness (QED) is 0.545. The molecule has 96 valence electrons. The molecule has 0 saturated carbocycles. The van der Waals surface area contributed by atoms with Gasteiger partial charge in [0.15, 0.2) is 0 Å². The van der Waals surface area contributed by atoms with Crippen molar-refractivity contribution in [3.63, 3.8) is 0 Å². The number of aliphatic carboxylic acids is 2. The van der Waals surface area contributed by atoms with Crippen LogP contribution < -0.4 is 0 Å². The molecule has 0 atom stereocenters. The molecule has 0 bridgehead atoms. The molecule has 0 spiro atoms. The van der Waals surface area contributed by atoms with E-state index in [1.54, 1.807) is 0 Å². The van der Waals surface area contributed by atoms with E-state index in [1.165, 1.54) is 18.2 Å². The number of carboxylic acid groups (broad SMARTS) is 2. The third-order valence-corrected chi connectivity index (χ3v) is 1.57. The number of carboxylic acids is 2. The van der Waals surface area contributed by atoms with E-state index in [4.69, 9.17) is 30.0 Å². The summed E-state index contributed by atoms with van der Waals surface area (Å²) in [6.07, 6.45) is 0. The molecule has 1 rings (SSSR count). The maximum absolute atomic E-state index is 9.00. The summed E-state index contributed by atoms with van der Waals surface area (Å²) in [5.41, 5.74) is 0. The predicted molar refractivity (Wildman–Crippen MR) is 64.1 cm³/mol. The van der Waals surface area contributed by atoms with Gasteiger partial charge in [-0.25, -0.2) is 0 Å². The van der Waals surface area contributed by atoms with Gasteiger partial charge in [0.25, 0.3) is 11.9 Å². The Morgan fingerprint density at radius 1 is 1.06 bits per heavy atom. The first kappa shape index (κ1) is 17.6. The van der Waals surface area contributed by atoms with Crippen molar-refractivity contribution in [3.8, 4) is 11.5 Å². The van der Waals surface area contributed by atoms with E-state index < -0.39 is 11.9 Å². The van der Waals surface area contributed by atoms with E-state index in [2.05, 4.69) is 15.9 Å². The van der Waals surface area contributed by atoms with Crippen LogP contribution in [0.4, 0.5) is 0 Å². The molecule has 0 aliphatic heterocycles. The highest BCUT2D eigenvalue weighted by atomic mass is 79.9. The van der Waals surface area contributed by atoms with Crippen LogP contribution in [0.25, 0.3) is 0 Å². The highest BCUT2D eigenvalue weighted by molar-refractivity contribution is 9.10. The molecule has 0 unspecified atom stereocenters. The summed E-state index contributed by atoms with van der Waals surface area (Å²) < 4.78 is 0.502. The molecule has 0 aliphatic rings. The average molecular weight is 309 g/mol. The molecule has 7 heteroatoms. The molecule has 0 fully saturated rings. The van der Waals surface area contributed by atoms with Gasteiger partial charge in [-0.3, -0.25) is 9.59 Å². The zero-order valence-electron chi connectivity index (χ0n) is 9.22. The molecule has 17 heavy (non-hydrogen) atoms. The van der Waals surface area contributed by atoms with Gasteiger partial charge in [0.05, 0.1) is 4.47 Å². The van der Waals surface area contributed by atoms with Crippen LogP contribution in [0.1, 0.15) is 13.8 Å². The topological polar surface area (TPSA) is 115 Å². The van der Waals surface area contributed by atoms with Gasteiger partial charge in [0.2, 0.25) is 0 Å².